The van der Waals surface area contributed by atoms with Gasteiger partial charge in [0, 0.05) is 25.1 Å². The molecule has 0 spiro atoms. The Labute approximate surface area is 106 Å². The number of likely N-dealkylation sites (N-methyl/N-ethyl adjacent to an activating group) is 2. The summed E-state index contributed by atoms with van der Waals surface area (Å²) in [6, 6.07) is 4.43. The van der Waals surface area contributed by atoms with Gasteiger partial charge in [-0.15, -0.1) is 0 Å². The van der Waals surface area contributed by atoms with Gasteiger partial charge < -0.3 is 9.38 Å². The maximum absolute atomic E-state index is 2.31. The van der Waals surface area contributed by atoms with Crippen molar-refractivity contribution in [3.63, 3.8) is 0 Å². The first kappa shape index (κ1) is 14.1. The van der Waals surface area contributed by atoms with Crippen LogP contribution in [-0.4, -0.2) is 57.2 Å². The van der Waals surface area contributed by atoms with Crippen LogP contribution in [0.5, 0.6) is 0 Å². The minimum Gasteiger partial charge on any atom is -0.327 e. The Morgan fingerprint density at radius 1 is 1.12 bits per heavy atom. The third-order valence-electron chi connectivity index (χ3n) is 3.21. The van der Waals surface area contributed by atoms with Crippen molar-refractivity contribution in [3.05, 3.63) is 30.1 Å². The molecule has 0 unspecified atom stereocenters. The predicted octanol–water partition coefficient (Wildman–Crippen LogP) is 0.692. The Morgan fingerprint density at radius 3 is 2.24 bits per heavy atom. The van der Waals surface area contributed by atoms with Gasteiger partial charge in [0.05, 0.1) is 27.2 Å². The average molecular weight is 237 g/mol. The van der Waals surface area contributed by atoms with E-state index in [1.54, 1.807) is 0 Å². The van der Waals surface area contributed by atoms with E-state index >= 15 is 0 Å². The molecule has 0 N–H and O–H groups in total. The highest BCUT2D eigenvalue weighted by Gasteiger charge is 2.15. The van der Waals surface area contributed by atoms with E-state index < -0.39 is 0 Å². The Kier molecular flexibility index (Phi) is 5.09. The zero-order valence-electron chi connectivity index (χ0n) is 12.0. The van der Waals surface area contributed by atoms with Gasteiger partial charge in [-0.05, 0) is 19.7 Å². The van der Waals surface area contributed by atoms with Crippen molar-refractivity contribution in [1.82, 2.24) is 4.90 Å². The summed E-state index contributed by atoms with van der Waals surface area (Å²) in [6.07, 6.45) is 5.39. The largest absolute Gasteiger partial charge is 0.327 e. The van der Waals surface area contributed by atoms with E-state index in [1.807, 2.05) is 0 Å². The Balaban J connectivity index is 2.40. The molecular weight excluding hydrogens is 210 g/mol. The molecule has 17 heavy (non-hydrogen) atoms. The molecule has 0 aliphatic heterocycles. The number of aromatic nitrogens is 1. The van der Waals surface area contributed by atoms with Crippen molar-refractivity contribution in [3.8, 4) is 0 Å². The third-order valence-corrected chi connectivity index (χ3v) is 3.21. The molecule has 0 radical (unpaired) electrons. The van der Waals surface area contributed by atoms with Crippen LogP contribution in [0, 0.1) is 0 Å². The maximum Gasteiger partial charge on any atom is 0.168 e. The molecule has 96 valence electrons. The Morgan fingerprint density at radius 2 is 1.71 bits per heavy atom. The number of rotatable bonds is 6. The van der Waals surface area contributed by atoms with Crippen LogP contribution in [0.15, 0.2) is 24.5 Å². The number of quaternary nitrogens is 1. The van der Waals surface area contributed by atoms with Crippen LogP contribution in [0.1, 0.15) is 5.56 Å². The van der Waals surface area contributed by atoms with E-state index in [0.29, 0.717) is 0 Å². The number of hydrogen-bond donors (Lipinski definition) is 0. The summed E-state index contributed by atoms with van der Waals surface area (Å²) >= 11 is 0. The molecule has 1 heterocycles. The molecule has 0 bridgehead atoms. The molecule has 0 amide bonds. The molecular formula is C14H27N3+2. The molecule has 0 saturated carbocycles. The zero-order valence-corrected chi connectivity index (χ0v) is 12.0. The molecule has 3 nitrogen and oxygen atoms in total. The SMILES string of the molecule is CN(C)CC[N+](C)(C)CCc1cc[n+](C)cc1. The van der Waals surface area contributed by atoms with Crippen molar-refractivity contribution in [2.75, 3.05) is 47.8 Å². The summed E-state index contributed by atoms with van der Waals surface area (Å²) in [5.41, 5.74) is 1.43. The average Bonchev–Trinajstić information content (AvgIpc) is 2.26. The van der Waals surface area contributed by atoms with Gasteiger partial charge in [-0.2, -0.15) is 0 Å². The van der Waals surface area contributed by atoms with Gasteiger partial charge in [0.25, 0.3) is 0 Å². The van der Waals surface area contributed by atoms with Crippen LogP contribution in [0.25, 0.3) is 0 Å². The second-order valence-electron chi connectivity index (χ2n) is 5.81. The molecule has 0 aliphatic carbocycles. The van der Waals surface area contributed by atoms with Gasteiger partial charge in [-0.1, -0.05) is 0 Å². The summed E-state index contributed by atoms with van der Waals surface area (Å²) in [6.45, 7) is 3.55. The van der Waals surface area contributed by atoms with Crippen molar-refractivity contribution in [1.29, 1.82) is 0 Å². The van der Waals surface area contributed by atoms with Gasteiger partial charge in [0.2, 0.25) is 0 Å². The standard InChI is InChI=1S/C14H27N3/c1-15(2)11-13-17(4,5)12-8-14-6-9-16(3)10-7-14/h6-7,9-10H,8,11-13H2,1-5H3/q+2. The van der Waals surface area contributed by atoms with Crippen LogP contribution in [0.3, 0.4) is 0 Å². The molecule has 1 aromatic rings. The molecule has 3 heteroatoms. The van der Waals surface area contributed by atoms with Crippen molar-refractivity contribution in [2.24, 2.45) is 7.05 Å². The molecule has 1 aromatic heterocycles. The minimum absolute atomic E-state index is 1.08. The van der Waals surface area contributed by atoms with E-state index in [2.05, 4.69) is 69.2 Å². The normalized spacial score (nSPS) is 12.1. The second-order valence-corrected chi connectivity index (χ2v) is 5.81. The fourth-order valence-corrected chi connectivity index (χ4v) is 1.71. The van der Waals surface area contributed by atoms with E-state index in [1.165, 1.54) is 18.7 Å². The van der Waals surface area contributed by atoms with Crippen molar-refractivity contribution >= 4 is 0 Å². The van der Waals surface area contributed by atoms with Crippen molar-refractivity contribution in [2.45, 2.75) is 6.42 Å². The first-order valence-corrected chi connectivity index (χ1v) is 6.30. The molecule has 0 atom stereocenters. The molecule has 0 saturated heterocycles. The highest BCUT2D eigenvalue weighted by atomic mass is 15.3. The number of nitrogens with zero attached hydrogens (tertiary/aromatic N) is 3. The fourth-order valence-electron chi connectivity index (χ4n) is 1.71. The van der Waals surface area contributed by atoms with Gasteiger partial charge in [-0.3, -0.25) is 0 Å². The maximum atomic E-state index is 2.31. The Bertz CT molecular complexity index is 328. The number of aryl methyl sites for hydroxylation is 1. The molecule has 0 aromatic carbocycles. The lowest BCUT2D eigenvalue weighted by Crippen LogP contribution is -2.45. The summed E-state index contributed by atoms with van der Waals surface area (Å²) in [7, 11) is 11.0. The van der Waals surface area contributed by atoms with Gasteiger partial charge in [0.1, 0.15) is 7.05 Å². The lowest BCUT2D eigenvalue weighted by atomic mass is 10.2. The van der Waals surface area contributed by atoms with E-state index in [-0.39, 0.29) is 0 Å². The number of pyridine rings is 1. The number of hydrogen-bond acceptors (Lipinski definition) is 1. The monoisotopic (exact) mass is 237 g/mol. The van der Waals surface area contributed by atoms with E-state index in [0.717, 1.165) is 17.4 Å². The van der Waals surface area contributed by atoms with Gasteiger partial charge >= 0.3 is 0 Å². The van der Waals surface area contributed by atoms with Crippen LogP contribution in [0.4, 0.5) is 0 Å². The first-order chi connectivity index (χ1) is 7.89. The summed E-state index contributed by atoms with van der Waals surface area (Å²) in [5.74, 6) is 0. The lowest BCUT2D eigenvalue weighted by Gasteiger charge is -2.31. The quantitative estimate of drug-likeness (QED) is 0.522. The Hall–Kier alpha value is -0.930. The van der Waals surface area contributed by atoms with E-state index in [9.17, 15) is 0 Å². The summed E-state index contributed by atoms with van der Waals surface area (Å²) < 4.78 is 3.16. The third kappa shape index (κ3) is 5.80. The highest BCUT2D eigenvalue weighted by molar-refractivity contribution is 5.07. The lowest BCUT2D eigenvalue weighted by molar-refractivity contribution is -0.889. The zero-order chi connectivity index (χ0) is 12.9. The minimum atomic E-state index is 1.08. The molecule has 0 fully saturated rings. The molecule has 0 aliphatic rings. The van der Waals surface area contributed by atoms with Crippen LogP contribution < -0.4 is 4.57 Å². The van der Waals surface area contributed by atoms with Crippen molar-refractivity contribution < 1.29 is 9.05 Å². The highest BCUT2D eigenvalue weighted by Crippen LogP contribution is 2.03. The summed E-state index contributed by atoms with van der Waals surface area (Å²) in [5, 5.41) is 0. The predicted molar refractivity (Wildman–Crippen MR) is 71.7 cm³/mol. The summed E-state index contributed by atoms with van der Waals surface area (Å²) in [4.78, 5) is 2.25. The van der Waals surface area contributed by atoms with Crippen LogP contribution in [-0.2, 0) is 13.5 Å². The fraction of sp³-hybridized carbons (Fsp3) is 0.643. The van der Waals surface area contributed by atoms with Gasteiger partial charge in [-0.25, -0.2) is 4.57 Å². The first-order valence-electron chi connectivity index (χ1n) is 6.30. The topological polar surface area (TPSA) is 7.12 Å². The van der Waals surface area contributed by atoms with Crippen LogP contribution in [0.2, 0.25) is 0 Å². The second kappa shape index (κ2) is 6.12. The van der Waals surface area contributed by atoms with Crippen LogP contribution >= 0.6 is 0 Å². The smallest absolute Gasteiger partial charge is 0.168 e. The molecule has 1 rings (SSSR count). The van der Waals surface area contributed by atoms with E-state index in [4.69, 9.17) is 0 Å². The van der Waals surface area contributed by atoms with Gasteiger partial charge in [0.15, 0.2) is 12.4 Å².